The summed E-state index contributed by atoms with van der Waals surface area (Å²) in [4.78, 5) is 21.0. The summed E-state index contributed by atoms with van der Waals surface area (Å²) in [5.41, 5.74) is 4.99. The molecule has 0 saturated carbocycles. The van der Waals surface area contributed by atoms with E-state index in [1.807, 2.05) is 48.7 Å². The maximum Gasteiger partial charge on any atom is 0.301 e. The maximum absolute atomic E-state index is 11.4. The van der Waals surface area contributed by atoms with Crippen LogP contribution in [0.5, 0.6) is 0 Å². The first-order valence-electron chi connectivity index (χ1n) is 10.8. The Kier molecular flexibility index (Phi) is 5.64. The highest BCUT2D eigenvalue weighted by molar-refractivity contribution is 5.99. The van der Waals surface area contributed by atoms with E-state index in [-0.39, 0.29) is 11.4 Å². The number of anilines is 1. The highest BCUT2D eigenvalue weighted by Gasteiger charge is 2.19. The van der Waals surface area contributed by atoms with Gasteiger partial charge in [0.2, 0.25) is 0 Å². The van der Waals surface area contributed by atoms with Gasteiger partial charge in [0.1, 0.15) is 5.69 Å². The quantitative estimate of drug-likeness (QED) is 0.177. The van der Waals surface area contributed by atoms with Crippen LogP contribution in [0.3, 0.4) is 0 Å². The molecular weight excluding hydrogens is 446 g/mol. The van der Waals surface area contributed by atoms with Gasteiger partial charge in [-0.15, -0.1) is 0 Å². The molecule has 0 unspecified atom stereocenters. The minimum absolute atomic E-state index is 0.0661. The van der Waals surface area contributed by atoms with Crippen molar-refractivity contribution in [2.45, 2.75) is 6.54 Å². The average molecular weight is 465 g/mol. The predicted molar refractivity (Wildman–Crippen MR) is 136 cm³/mol. The van der Waals surface area contributed by atoms with Gasteiger partial charge in [-0.3, -0.25) is 25.7 Å². The Labute approximate surface area is 199 Å². The molecule has 1 aromatic heterocycles. The van der Waals surface area contributed by atoms with Gasteiger partial charge in [0.15, 0.2) is 0 Å². The van der Waals surface area contributed by atoms with Crippen molar-refractivity contribution in [2.24, 2.45) is 5.10 Å². The lowest BCUT2D eigenvalue weighted by atomic mass is 10.0. The second-order valence-electron chi connectivity index (χ2n) is 7.95. The molecule has 5 aromatic rings. The number of nitrogens with zero attached hydrogens (tertiary/aromatic N) is 4. The zero-order valence-corrected chi connectivity index (χ0v) is 18.4. The summed E-state index contributed by atoms with van der Waals surface area (Å²) in [5, 5.41) is 29.8. The SMILES string of the molecule is O=[N+]([O-])c1ccc(N/N=C\c2cn(Cc3cccc4ccccc34)c3ccccc23)c([N+](=O)[O-])c1. The second kappa shape index (κ2) is 9.06. The Morgan fingerprint density at radius 3 is 2.40 bits per heavy atom. The molecular formula is C26H19N5O4. The first kappa shape index (κ1) is 21.8. The number of hydrogen-bond acceptors (Lipinski definition) is 6. The smallest absolute Gasteiger partial charge is 0.301 e. The molecule has 0 fully saturated rings. The number of non-ortho nitro benzene ring substituents is 1. The standard InChI is InChI=1S/C26H19N5O4/c32-30(33)21-12-13-24(26(14-21)31(34)35)28-27-15-20-17-29(25-11-4-3-10-23(20)25)16-19-8-5-7-18-6-1-2-9-22(18)19/h1-15,17,28H,16H2/b27-15-. The summed E-state index contributed by atoms with van der Waals surface area (Å²) in [7, 11) is 0. The van der Waals surface area contributed by atoms with Crippen LogP contribution in [0.25, 0.3) is 21.7 Å². The minimum atomic E-state index is -0.680. The van der Waals surface area contributed by atoms with Crippen LogP contribution in [0.2, 0.25) is 0 Å². The van der Waals surface area contributed by atoms with E-state index < -0.39 is 15.5 Å². The number of rotatable bonds is 7. The van der Waals surface area contributed by atoms with Gasteiger partial charge in [0.25, 0.3) is 5.69 Å². The number of benzene rings is 4. The molecule has 9 nitrogen and oxygen atoms in total. The van der Waals surface area contributed by atoms with E-state index in [0.717, 1.165) is 22.5 Å². The zero-order chi connectivity index (χ0) is 24.4. The fourth-order valence-electron chi connectivity index (χ4n) is 4.17. The number of nitrogens with one attached hydrogen (secondary N) is 1. The Morgan fingerprint density at radius 2 is 1.60 bits per heavy atom. The van der Waals surface area contributed by atoms with Crippen molar-refractivity contribution in [3.05, 3.63) is 122 Å². The summed E-state index contributed by atoms with van der Waals surface area (Å²) < 4.78 is 2.15. The minimum Gasteiger partial charge on any atom is -0.342 e. The van der Waals surface area contributed by atoms with Crippen molar-refractivity contribution in [2.75, 3.05) is 5.43 Å². The van der Waals surface area contributed by atoms with E-state index in [4.69, 9.17) is 0 Å². The third-order valence-corrected chi connectivity index (χ3v) is 5.82. The van der Waals surface area contributed by atoms with Crippen LogP contribution >= 0.6 is 0 Å². The van der Waals surface area contributed by atoms with Crippen LogP contribution in [-0.2, 0) is 6.54 Å². The number of fused-ring (bicyclic) bond motifs is 2. The molecule has 0 aliphatic carbocycles. The van der Waals surface area contributed by atoms with Crippen molar-refractivity contribution < 1.29 is 9.85 Å². The average Bonchev–Trinajstić information content (AvgIpc) is 3.21. The Hall–Kier alpha value is -5.05. The highest BCUT2D eigenvalue weighted by atomic mass is 16.6. The van der Waals surface area contributed by atoms with Gasteiger partial charge >= 0.3 is 5.69 Å². The van der Waals surface area contributed by atoms with E-state index in [9.17, 15) is 20.2 Å². The normalized spacial score (nSPS) is 11.3. The molecule has 172 valence electrons. The van der Waals surface area contributed by atoms with Crippen LogP contribution in [-0.4, -0.2) is 20.6 Å². The number of nitro groups is 2. The molecule has 9 heteroatoms. The lowest BCUT2D eigenvalue weighted by Crippen LogP contribution is -1.99. The van der Waals surface area contributed by atoms with Crippen LogP contribution in [0.1, 0.15) is 11.1 Å². The highest BCUT2D eigenvalue weighted by Crippen LogP contribution is 2.29. The molecule has 5 rings (SSSR count). The molecule has 0 saturated heterocycles. The summed E-state index contributed by atoms with van der Waals surface area (Å²) in [6, 6.07) is 25.8. The number of aromatic nitrogens is 1. The van der Waals surface area contributed by atoms with Crippen LogP contribution in [0.4, 0.5) is 17.1 Å². The summed E-state index contributed by atoms with van der Waals surface area (Å²) in [5.74, 6) is 0. The first-order valence-corrected chi connectivity index (χ1v) is 10.8. The van der Waals surface area contributed by atoms with Crippen molar-refractivity contribution in [1.29, 1.82) is 0 Å². The number of para-hydroxylation sites is 1. The number of hydrogen-bond donors (Lipinski definition) is 1. The summed E-state index contributed by atoms with van der Waals surface area (Å²) >= 11 is 0. The van der Waals surface area contributed by atoms with Crippen molar-refractivity contribution in [3.63, 3.8) is 0 Å². The van der Waals surface area contributed by atoms with Gasteiger partial charge in [0, 0.05) is 35.3 Å². The second-order valence-corrected chi connectivity index (χ2v) is 7.95. The predicted octanol–water partition coefficient (Wildman–Crippen LogP) is 6.11. The van der Waals surface area contributed by atoms with E-state index in [2.05, 4.69) is 39.4 Å². The van der Waals surface area contributed by atoms with Gasteiger partial charge in [-0.2, -0.15) is 5.10 Å². The van der Waals surface area contributed by atoms with Gasteiger partial charge in [-0.25, -0.2) is 0 Å². The molecule has 0 radical (unpaired) electrons. The number of hydrazone groups is 1. The zero-order valence-electron chi connectivity index (χ0n) is 18.4. The fraction of sp³-hybridized carbons (Fsp3) is 0.0385. The van der Waals surface area contributed by atoms with Gasteiger partial charge in [0.05, 0.1) is 22.1 Å². The molecule has 4 aromatic carbocycles. The first-order chi connectivity index (χ1) is 17.0. The van der Waals surface area contributed by atoms with Crippen LogP contribution in [0.15, 0.2) is 96.2 Å². The molecule has 0 aliphatic heterocycles. The molecule has 0 aliphatic rings. The Balaban J connectivity index is 1.46. The van der Waals surface area contributed by atoms with E-state index in [1.54, 1.807) is 6.21 Å². The lowest BCUT2D eigenvalue weighted by Gasteiger charge is -2.09. The van der Waals surface area contributed by atoms with E-state index in [0.29, 0.717) is 6.54 Å². The molecule has 35 heavy (non-hydrogen) atoms. The van der Waals surface area contributed by atoms with Crippen molar-refractivity contribution in [3.8, 4) is 0 Å². The van der Waals surface area contributed by atoms with E-state index >= 15 is 0 Å². The van der Waals surface area contributed by atoms with Gasteiger partial charge in [-0.1, -0.05) is 60.7 Å². The van der Waals surface area contributed by atoms with Gasteiger partial charge < -0.3 is 4.57 Å². The Morgan fingerprint density at radius 1 is 0.857 bits per heavy atom. The number of nitro benzene ring substituents is 2. The lowest BCUT2D eigenvalue weighted by molar-refractivity contribution is -0.393. The topological polar surface area (TPSA) is 116 Å². The third-order valence-electron chi connectivity index (χ3n) is 5.82. The largest absolute Gasteiger partial charge is 0.342 e. The maximum atomic E-state index is 11.4. The monoisotopic (exact) mass is 465 g/mol. The molecule has 1 heterocycles. The molecule has 0 atom stereocenters. The Bertz CT molecular complexity index is 1620. The van der Waals surface area contributed by atoms with Gasteiger partial charge in [-0.05, 0) is 28.5 Å². The molecule has 0 amide bonds. The molecule has 0 spiro atoms. The third kappa shape index (κ3) is 4.30. The van der Waals surface area contributed by atoms with E-state index in [1.165, 1.54) is 28.5 Å². The van der Waals surface area contributed by atoms with Crippen molar-refractivity contribution >= 4 is 45.0 Å². The van der Waals surface area contributed by atoms with Crippen LogP contribution in [0, 0.1) is 20.2 Å². The summed E-state index contributed by atoms with van der Waals surface area (Å²) in [6.07, 6.45) is 3.58. The molecule has 1 N–H and O–H groups in total. The molecule has 0 bridgehead atoms. The van der Waals surface area contributed by atoms with Crippen LogP contribution < -0.4 is 5.43 Å². The summed E-state index contributed by atoms with van der Waals surface area (Å²) in [6.45, 7) is 0.664. The fourth-order valence-corrected chi connectivity index (χ4v) is 4.17. The van der Waals surface area contributed by atoms with Crippen molar-refractivity contribution in [1.82, 2.24) is 4.57 Å².